The van der Waals surface area contributed by atoms with Crippen LogP contribution in [0.5, 0.6) is 0 Å². The zero-order chi connectivity index (χ0) is 12.8. The fraction of sp³-hybridized carbons (Fsp3) is 0.667. The van der Waals surface area contributed by atoms with Gasteiger partial charge < -0.3 is 5.11 Å². The summed E-state index contributed by atoms with van der Waals surface area (Å²) in [4.78, 5) is 43.8. The minimum atomic E-state index is -0.809. The van der Waals surface area contributed by atoms with Crippen molar-refractivity contribution < 1.29 is 24.3 Å². The molecular weight excluding hydrogens is 224 g/mol. The Kier molecular flexibility index (Phi) is 5.00. The van der Waals surface area contributed by atoms with Gasteiger partial charge in [-0.1, -0.05) is 19.3 Å². The zero-order valence-corrected chi connectivity index (χ0v) is 9.61. The average molecular weight is 240 g/mol. The fourth-order valence-electron chi connectivity index (χ4n) is 1.98. The van der Waals surface area contributed by atoms with Crippen LogP contribution in [0.2, 0.25) is 0 Å². The molecule has 0 spiro atoms. The van der Waals surface area contributed by atoms with E-state index in [4.69, 9.17) is 5.11 Å². The quantitative estimate of drug-likeness (QED) is 0.409. The first-order valence-electron chi connectivity index (χ1n) is 5.84. The van der Waals surface area contributed by atoms with Crippen molar-refractivity contribution in [1.29, 1.82) is 0 Å². The van der Waals surface area contributed by atoms with E-state index in [2.05, 4.69) is 0 Å². The van der Waals surface area contributed by atoms with Gasteiger partial charge in [0.05, 0.1) is 12.3 Å². The molecule has 0 bridgehead atoms. The van der Waals surface area contributed by atoms with Crippen molar-refractivity contribution >= 4 is 23.3 Å². The molecule has 1 saturated carbocycles. The normalized spacial score (nSPS) is 20.0. The maximum Gasteiger partial charge on any atom is 0.303 e. The molecule has 0 heterocycles. The summed E-state index contributed by atoms with van der Waals surface area (Å²) in [5.41, 5.74) is 0. The third-order valence-corrected chi connectivity index (χ3v) is 2.95. The molecule has 5 heteroatoms. The van der Waals surface area contributed by atoms with Crippen LogP contribution in [0.1, 0.15) is 44.9 Å². The summed E-state index contributed by atoms with van der Waals surface area (Å²) in [7, 11) is 0. The Labute approximate surface area is 99.2 Å². The van der Waals surface area contributed by atoms with Crippen LogP contribution >= 0.6 is 0 Å². The van der Waals surface area contributed by atoms with E-state index in [0.717, 1.165) is 12.8 Å². The molecule has 1 N–H and O–H groups in total. The lowest BCUT2D eigenvalue weighted by molar-refractivity contribution is -0.137. The summed E-state index contributed by atoms with van der Waals surface area (Å²) < 4.78 is 0. The number of rotatable bonds is 7. The lowest BCUT2D eigenvalue weighted by Crippen LogP contribution is -2.16. The van der Waals surface area contributed by atoms with Gasteiger partial charge in [-0.2, -0.15) is 0 Å². The van der Waals surface area contributed by atoms with Gasteiger partial charge in [0, 0.05) is 6.42 Å². The van der Waals surface area contributed by atoms with E-state index in [9.17, 15) is 19.2 Å². The molecule has 0 aromatic heterocycles. The van der Waals surface area contributed by atoms with Gasteiger partial charge in [-0.05, 0) is 12.8 Å². The van der Waals surface area contributed by atoms with Crippen LogP contribution in [0.3, 0.4) is 0 Å². The smallest absolute Gasteiger partial charge is 0.303 e. The topological polar surface area (TPSA) is 88.5 Å². The van der Waals surface area contributed by atoms with Crippen molar-refractivity contribution in [1.82, 2.24) is 0 Å². The third-order valence-electron chi connectivity index (χ3n) is 2.95. The van der Waals surface area contributed by atoms with Gasteiger partial charge in [-0.25, -0.2) is 0 Å². The second-order valence-electron chi connectivity index (χ2n) is 4.33. The first-order valence-corrected chi connectivity index (χ1v) is 5.84. The summed E-state index contributed by atoms with van der Waals surface area (Å²) in [6, 6.07) is 0. The molecule has 0 aromatic rings. The standard InChI is InChI=1S/C12H16O5/c13-9-7-10(14)12(17)8(9)5-3-1-2-4-6-11(15)16/h8H,1-7H2,(H,15,16). The van der Waals surface area contributed by atoms with Crippen LogP contribution in [0.15, 0.2) is 0 Å². The van der Waals surface area contributed by atoms with Crippen LogP contribution < -0.4 is 0 Å². The van der Waals surface area contributed by atoms with Gasteiger partial charge in [-0.3, -0.25) is 19.2 Å². The number of carboxylic acids is 1. The highest BCUT2D eigenvalue weighted by Crippen LogP contribution is 2.21. The molecule has 0 radical (unpaired) electrons. The predicted molar refractivity (Wildman–Crippen MR) is 58.5 cm³/mol. The Morgan fingerprint density at radius 2 is 1.76 bits per heavy atom. The number of carboxylic acid groups (broad SMARTS) is 1. The van der Waals surface area contributed by atoms with Gasteiger partial charge in [0.15, 0.2) is 5.78 Å². The Balaban J connectivity index is 2.15. The van der Waals surface area contributed by atoms with E-state index >= 15 is 0 Å². The summed E-state index contributed by atoms with van der Waals surface area (Å²) in [6.45, 7) is 0. The van der Waals surface area contributed by atoms with Crippen LogP contribution in [-0.4, -0.2) is 28.4 Å². The molecule has 0 saturated heterocycles. The second kappa shape index (κ2) is 6.27. The van der Waals surface area contributed by atoms with Crippen LogP contribution in [0.25, 0.3) is 0 Å². The van der Waals surface area contributed by atoms with Crippen molar-refractivity contribution in [2.24, 2.45) is 5.92 Å². The molecule has 1 fully saturated rings. The molecule has 1 rings (SSSR count). The Bertz CT molecular complexity index is 345. The first-order chi connectivity index (χ1) is 8.02. The van der Waals surface area contributed by atoms with E-state index in [1.165, 1.54) is 0 Å². The molecule has 5 nitrogen and oxygen atoms in total. The summed E-state index contributed by atoms with van der Waals surface area (Å²) in [5, 5.41) is 8.41. The number of hydrogen-bond acceptors (Lipinski definition) is 4. The van der Waals surface area contributed by atoms with Crippen LogP contribution in [-0.2, 0) is 19.2 Å². The number of hydrogen-bond donors (Lipinski definition) is 1. The predicted octanol–water partition coefficient (Wildman–Crippen LogP) is 1.14. The van der Waals surface area contributed by atoms with Gasteiger partial charge >= 0.3 is 5.97 Å². The summed E-state index contributed by atoms with van der Waals surface area (Å²) >= 11 is 0. The van der Waals surface area contributed by atoms with Crippen molar-refractivity contribution in [2.45, 2.75) is 44.9 Å². The second-order valence-corrected chi connectivity index (χ2v) is 4.33. The lowest BCUT2D eigenvalue weighted by Gasteiger charge is -2.04. The van der Waals surface area contributed by atoms with E-state index in [0.29, 0.717) is 19.3 Å². The Morgan fingerprint density at radius 1 is 1.12 bits per heavy atom. The van der Waals surface area contributed by atoms with Crippen molar-refractivity contribution in [3.8, 4) is 0 Å². The number of carbonyl (C=O) groups excluding carboxylic acids is 3. The molecule has 1 unspecified atom stereocenters. The average Bonchev–Trinajstić information content (AvgIpc) is 2.48. The third kappa shape index (κ3) is 4.09. The molecule has 94 valence electrons. The zero-order valence-electron chi connectivity index (χ0n) is 9.61. The molecule has 1 aliphatic carbocycles. The number of Topliss-reactive ketones (excluding diaryl/α,β-unsaturated/α-hetero) is 3. The molecule has 0 amide bonds. The molecule has 0 aliphatic heterocycles. The molecular formula is C12H16O5. The highest BCUT2D eigenvalue weighted by molar-refractivity contribution is 6.49. The SMILES string of the molecule is O=C(O)CCCCCCC1C(=O)CC(=O)C1=O. The van der Waals surface area contributed by atoms with E-state index in [1.54, 1.807) is 0 Å². The largest absolute Gasteiger partial charge is 0.481 e. The monoisotopic (exact) mass is 240 g/mol. The Hall–Kier alpha value is -1.52. The molecule has 1 atom stereocenters. The molecule has 1 aliphatic rings. The van der Waals surface area contributed by atoms with Gasteiger partial charge in [0.1, 0.15) is 0 Å². The number of unbranched alkanes of at least 4 members (excludes halogenated alkanes) is 3. The highest BCUT2D eigenvalue weighted by atomic mass is 16.4. The van der Waals surface area contributed by atoms with E-state index in [1.807, 2.05) is 0 Å². The fourth-order valence-corrected chi connectivity index (χ4v) is 1.98. The molecule has 17 heavy (non-hydrogen) atoms. The van der Waals surface area contributed by atoms with E-state index in [-0.39, 0.29) is 18.6 Å². The highest BCUT2D eigenvalue weighted by Gasteiger charge is 2.39. The minimum absolute atomic E-state index is 0.153. The lowest BCUT2D eigenvalue weighted by atomic mass is 9.97. The van der Waals surface area contributed by atoms with Crippen LogP contribution in [0, 0.1) is 5.92 Å². The van der Waals surface area contributed by atoms with Gasteiger partial charge in [0.2, 0.25) is 11.6 Å². The summed E-state index contributed by atoms with van der Waals surface area (Å²) in [5.74, 6) is -2.89. The maximum absolute atomic E-state index is 11.3. The van der Waals surface area contributed by atoms with Gasteiger partial charge in [-0.15, -0.1) is 0 Å². The molecule has 0 aromatic carbocycles. The number of carbonyl (C=O) groups is 4. The van der Waals surface area contributed by atoms with Crippen molar-refractivity contribution in [2.75, 3.05) is 0 Å². The van der Waals surface area contributed by atoms with Crippen LogP contribution in [0.4, 0.5) is 0 Å². The van der Waals surface area contributed by atoms with Crippen molar-refractivity contribution in [3.63, 3.8) is 0 Å². The van der Waals surface area contributed by atoms with Crippen molar-refractivity contribution in [3.05, 3.63) is 0 Å². The maximum atomic E-state index is 11.3. The van der Waals surface area contributed by atoms with Gasteiger partial charge in [0.25, 0.3) is 0 Å². The minimum Gasteiger partial charge on any atom is -0.481 e. The first kappa shape index (κ1) is 13.5. The van der Waals surface area contributed by atoms with E-state index < -0.39 is 23.5 Å². The Morgan fingerprint density at radius 3 is 2.29 bits per heavy atom. The summed E-state index contributed by atoms with van der Waals surface area (Å²) in [6.07, 6.45) is 3.21. The number of aliphatic carboxylic acids is 1. The number of ketones is 3.